The average molecular weight is 197 g/mol. The van der Waals surface area contributed by atoms with Gasteiger partial charge in [-0.15, -0.1) is 0 Å². The molecule has 0 aliphatic heterocycles. The zero-order valence-corrected chi connectivity index (χ0v) is 8.49. The highest BCUT2D eigenvalue weighted by atomic mass is 19.1. The largest absolute Gasteiger partial charge is 0.359 e. The van der Waals surface area contributed by atoms with Crippen LogP contribution in [0.25, 0.3) is 10.9 Å². The predicted octanol–water partition coefficient (Wildman–Crippen LogP) is 3.78. The first-order valence-corrected chi connectivity index (χ1v) is 4.61. The number of nitrogens with one attached hydrogen (secondary N) is 1. The van der Waals surface area contributed by atoms with Gasteiger partial charge in [0.1, 0.15) is 11.6 Å². The number of rotatable bonds is 0. The van der Waals surface area contributed by atoms with Gasteiger partial charge in [0.05, 0.1) is 5.52 Å². The van der Waals surface area contributed by atoms with Gasteiger partial charge in [-0.05, 0) is 18.6 Å². The number of hydrogen-bond donors (Lipinski definition) is 1. The molecule has 0 amide bonds. The lowest BCUT2D eigenvalue weighted by atomic mass is 10.2. The maximum Gasteiger partial charge on any atom is 0.150 e. The Morgan fingerprint density at radius 1 is 1.14 bits per heavy atom. The van der Waals surface area contributed by atoms with Crippen LogP contribution in [0.3, 0.4) is 0 Å². The van der Waals surface area contributed by atoms with Crippen molar-refractivity contribution >= 4 is 10.9 Å². The molecule has 0 unspecified atom stereocenters. The highest BCUT2D eigenvalue weighted by molar-refractivity contribution is 5.83. The zero-order valence-electron chi connectivity index (χ0n) is 8.49. The molecule has 0 spiro atoms. The molecule has 1 heterocycles. The summed E-state index contributed by atoms with van der Waals surface area (Å²) in [5.74, 6) is -1.08. The summed E-state index contributed by atoms with van der Waals surface area (Å²) in [5, 5.41) is 0.604. The van der Waals surface area contributed by atoms with Crippen molar-refractivity contribution in [1.29, 1.82) is 0 Å². The van der Waals surface area contributed by atoms with Gasteiger partial charge in [-0.2, -0.15) is 0 Å². The molecular formula is C11H13F2N. The second-order valence-electron chi connectivity index (χ2n) is 2.78. The third kappa shape index (κ3) is 1.76. The Balaban J connectivity index is 0.000000461. The fourth-order valence-corrected chi connectivity index (χ4v) is 1.29. The highest BCUT2D eigenvalue weighted by Crippen LogP contribution is 2.21. The van der Waals surface area contributed by atoms with E-state index in [0.29, 0.717) is 10.9 Å². The van der Waals surface area contributed by atoms with Crippen LogP contribution in [0.1, 0.15) is 19.4 Å². The van der Waals surface area contributed by atoms with E-state index >= 15 is 0 Å². The lowest BCUT2D eigenvalue weighted by molar-refractivity contribution is 0.591. The van der Waals surface area contributed by atoms with Gasteiger partial charge in [0.2, 0.25) is 0 Å². The van der Waals surface area contributed by atoms with Crippen LogP contribution in [0.15, 0.2) is 18.3 Å². The number of halogens is 2. The summed E-state index contributed by atoms with van der Waals surface area (Å²) in [6, 6.07) is 2.20. The summed E-state index contributed by atoms with van der Waals surface area (Å²) < 4.78 is 25.7. The van der Waals surface area contributed by atoms with E-state index in [1.807, 2.05) is 13.8 Å². The second-order valence-corrected chi connectivity index (χ2v) is 2.78. The van der Waals surface area contributed by atoms with E-state index in [4.69, 9.17) is 0 Å². The van der Waals surface area contributed by atoms with Gasteiger partial charge in [-0.25, -0.2) is 8.78 Å². The van der Waals surface area contributed by atoms with Crippen LogP contribution in [-0.2, 0) is 0 Å². The molecule has 0 bridgehead atoms. The van der Waals surface area contributed by atoms with E-state index < -0.39 is 11.6 Å². The maximum atomic E-state index is 13.0. The Hall–Kier alpha value is -1.38. The smallest absolute Gasteiger partial charge is 0.150 e. The van der Waals surface area contributed by atoms with E-state index in [1.54, 1.807) is 13.1 Å². The van der Waals surface area contributed by atoms with Crippen LogP contribution in [0, 0.1) is 18.6 Å². The zero-order chi connectivity index (χ0) is 10.7. The van der Waals surface area contributed by atoms with Crippen LogP contribution >= 0.6 is 0 Å². The number of fused-ring (bicyclic) bond motifs is 1. The molecule has 0 aliphatic carbocycles. The minimum Gasteiger partial charge on any atom is -0.359 e. The molecule has 14 heavy (non-hydrogen) atoms. The normalized spacial score (nSPS) is 9.79. The van der Waals surface area contributed by atoms with Crippen LogP contribution in [-0.4, -0.2) is 4.98 Å². The monoisotopic (exact) mass is 197 g/mol. The number of aromatic nitrogens is 1. The first-order valence-electron chi connectivity index (χ1n) is 4.61. The summed E-state index contributed by atoms with van der Waals surface area (Å²) in [4.78, 5) is 2.74. The number of aromatic amines is 1. The van der Waals surface area contributed by atoms with Crippen molar-refractivity contribution < 1.29 is 8.78 Å². The molecule has 1 N–H and O–H groups in total. The SMILES string of the molecule is CC.Cc1c[nH]c2c(F)cc(F)cc12. The average Bonchev–Trinajstić information content (AvgIpc) is 2.52. The molecule has 0 atom stereocenters. The quantitative estimate of drug-likeness (QED) is 0.661. The molecule has 2 aromatic rings. The minimum absolute atomic E-state index is 0.369. The van der Waals surface area contributed by atoms with E-state index in [2.05, 4.69) is 4.98 Å². The molecule has 2 rings (SSSR count). The van der Waals surface area contributed by atoms with Gasteiger partial charge in [0, 0.05) is 17.6 Å². The standard InChI is InChI=1S/C9H7F2N.C2H6/c1-5-4-12-9-7(5)2-6(10)3-8(9)11;1-2/h2-4,12H,1H3;1-2H3. The molecule has 0 aliphatic rings. The Morgan fingerprint density at radius 3 is 2.43 bits per heavy atom. The lowest BCUT2D eigenvalue weighted by Gasteiger charge is -1.93. The summed E-state index contributed by atoms with van der Waals surface area (Å²) in [6.07, 6.45) is 1.66. The number of hydrogen-bond acceptors (Lipinski definition) is 0. The molecule has 0 radical (unpaired) electrons. The van der Waals surface area contributed by atoms with Gasteiger partial charge < -0.3 is 4.98 Å². The Morgan fingerprint density at radius 2 is 1.79 bits per heavy atom. The molecule has 0 saturated heterocycles. The van der Waals surface area contributed by atoms with Crippen molar-refractivity contribution in [2.75, 3.05) is 0 Å². The van der Waals surface area contributed by atoms with E-state index in [1.165, 1.54) is 6.07 Å². The van der Waals surface area contributed by atoms with Crippen molar-refractivity contribution in [2.24, 2.45) is 0 Å². The van der Waals surface area contributed by atoms with Crippen molar-refractivity contribution in [2.45, 2.75) is 20.8 Å². The fraction of sp³-hybridized carbons (Fsp3) is 0.273. The molecular weight excluding hydrogens is 184 g/mol. The summed E-state index contributed by atoms with van der Waals surface area (Å²) in [6.45, 7) is 5.80. The summed E-state index contributed by atoms with van der Waals surface area (Å²) in [5.41, 5.74) is 1.22. The Kier molecular flexibility index (Phi) is 3.23. The molecule has 0 fully saturated rings. The Labute approximate surface area is 81.8 Å². The third-order valence-corrected chi connectivity index (χ3v) is 1.91. The van der Waals surface area contributed by atoms with Gasteiger partial charge in [0.15, 0.2) is 0 Å². The topological polar surface area (TPSA) is 15.8 Å². The summed E-state index contributed by atoms with van der Waals surface area (Å²) in [7, 11) is 0. The van der Waals surface area contributed by atoms with Crippen molar-refractivity contribution in [3.05, 3.63) is 35.5 Å². The third-order valence-electron chi connectivity index (χ3n) is 1.91. The molecule has 0 saturated carbocycles. The molecule has 3 heteroatoms. The second kappa shape index (κ2) is 4.22. The van der Waals surface area contributed by atoms with Crippen LogP contribution in [0.5, 0.6) is 0 Å². The number of benzene rings is 1. The van der Waals surface area contributed by atoms with Crippen molar-refractivity contribution in [3.63, 3.8) is 0 Å². The minimum atomic E-state index is -0.543. The van der Waals surface area contributed by atoms with Crippen LogP contribution < -0.4 is 0 Å². The first-order chi connectivity index (χ1) is 6.68. The highest BCUT2D eigenvalue weighted by Gasteiger charge is 2.06. The predicted molar refractivity (Wildman–Crippen MR) is 54.3 cm³/mol. The van der Waals surface area contributed by atoms with Crippen molar-refractivity contribution in [1.82, 2.24) is 4.98 Å². The van der Waals surface area contributed by atoms with E-state index in [9.17, 15) is 8.78 Å². The maximum absolute atomic E-state index is 13.0. The molecule has 1 nitrogen and oxygen atoms in total. The first kappa shape index (κ1) is 10.7. The van der Waals surface area contributed by atoms with Crippen LogP contribution in [0.4, 0.5) is 8.78 Å². The number of aryl methyl sites for hydroxylation is 1. The summed E-state index contributed by atoms with van der Waals surface area (Å²) >= 11 is 0. The van der Waals surface area contributed by atoms with Crippen molar-refractivity contribution in [3.8, 4) is 0 Å². The van der Waals surface area contributed by atoms with E-state index in [0.717, 1.165) is 11.6 Å². The molecule has 76 valence electrons. The number of H-pyrrole nitrogens is 1. The lowest BCUT2D eigenvalue weighted by Crippen LogP contribution is -1.81. The van der Waals surface area contributed by atoms with Gasteiger partial charge in [-0.3, -0.25) is 0 Å². The Bertz CT molecular complexity index is 432. The molecule has 1 aromatic heterocycles. The fourth-order valence-electron chi connectivity index (χ4n) is 1.29. The van der Waals surface area contributed by atoms with Crippen LogP contribution in [0.2, 0.25) is 0 Å². The van der Waals surface area contributed by atoms with Gasteiger partial charge in [-0.1, -0.05) is 13.8 Å². The van der Waals surface area contributed by atoms with E-state index in [-0.39, 0.29) is 0 Å². The van der Waals surface area contributed by atoms with Gasteiger partial charge >= 0.3 is 0 Å². The van der Waals surface area contributed by atoms with Gasteiger partial charge in [0.25, 0.3) is 0 Å². The molecule has 1 aromatic carbocycles.